The molecule has 1 N–H and O–H groups in total. The standard InChI is InChI=1S/C11H10ClN3O3/c1-14-5-4-13-11(14)10(16)8-6-7(12)2-3-9(8)15(17)18/h2-6,10,16H,1H3. The lowest BCUT2D eigenvalue weighted by molar-refractivity contribution is -0.386. The maximum absolute atomic E-state index is 10.9. The first-order chi connectivity index (χ1) is 8.50. The van der Waals surface area contributed by atoms with Gasteiger partial charge in [0.05, 0.1) is 10.5 Å². The molecule has 0 radical (unpaired) electrons. The van der Waals surface area contributed by atoms with Gasteiger partial charge in [0.25, 0.3) is 5.69 Å². The molecule has 7 heteroatoms. The van der Waals surface area contributed by atoms with E-state index in [1.807, 2.05) is 0 Å². The highest BCUT2D eigenvalue weighted by atomic mass is 35.5. The van der Waals surface area contributed by atoms with E-state index in [4.69, 9.17) is 11.6 Å². The number of hydrogen-bond acceptors (Lipinski definition) is 4. The SMILES string of the molecule is Cn1ccnc1C(O)c1cc(Cl)ccc1[N+](=O)[O-]. The van der Waals surface area contributed by atoms with Crippen molar-refractivity contribution in [3.05, 3.63) is 57.1 Å². The fraction of sp³-hybridized carbons (Fsp3) is 0.182. The van der Waals surface area contributed by atoms with Crippen LogP contribution in [0.4, 0.5) is 5.69 Å². The summed E-state index contributed by atoms with van der Waals surface area (Å²) in [7, 11) is 1.70. The van der Waals surface area contributed by atoms with Crippen molar-refractivity contribution in [3.8, 4) is 0 Å². The van der Waals surface area contributed by atoms with E-state index in [-0.39, 0.29) is 11.3 Å². The van der Waals surface area contributed by atoms with Gasteiger partial charge < -0.3 is 9.67 Å². The van der Waals surface area contributed by atoms with E-state index in [9.17, 15) is 15.2 Å². The van der Waals surface area contributed by atoms with Crippen LogP contribution in [0.1, 0.15) is 17.5 Å². The normalized spacial score (nSPS) is 12.4. The summed E-state index contributed by atoms with van der Waals surface area (Å²) in [5, 5.41) is 21.4. The molecule has 0 aliphatic heterocycles. The van der Waals surface area contributed by atoms with Crippen LogP contribution in [-0.2, 0) is 7.05 Å². The lowest BCUT2D eigenvalue weighted by atomic mass is 10.1. The maximum atomic E-state index is 10.9. The Kier molecular flexibility index (Phi) is 3.31. The highest BCUT2D eigenvalue weighted by molar-refractivity contribution is 6.30. The molecular weight excluding hydrogens is 258 g/mol. The quantitative estimate of drug-likeness (QED) is 0.682. The number of nitro groups is 1. The number of hydrogen-bond donors (Lipinski definition) is 1. The van der Waals surface area contributed by atoms with Gasteiger partial charge in [-0.15, -0.1) is 0 Å². The zero-order valence-electron chi connectivity index (χ0n) is 9.45. The lowest BCUT2D eigenvalue weighted by Crippen LogP contribution is -2.09. The van der Waals surface area contributed by atoms with Gasteiger partial charge in [-0.1, -0.05) is 11.6 Å². The van der Waals surface area contributed by atoms with Gasteiger partial charge in [0.15, 0.2) is 0 Å². The molecule has 0 fully saturated rings. The minimum Gasteiger partial charge on any atom is -0.380 e. The molecule has 0 saturated heterocycles. The summed E-state index contributed by atoms with van der Waals surface area (Å²) in [4.78, 5) is 14.3. The first-order valence-corrected chi connectivity index (χ1v) is 5.47. The molecule has 18 heavy (non-hydrogen) atoms. The average molecular weight is 268 g/mol. The highest BCUT2D eigenvalue weighted by Crippen LogP contribution is 2.31. The van der Waals surface area contributed by atoms with E-state index in [0.29, 0.717) is 10.8 Å². The number of aliphatic hydroxyl groups excluding tert-OH is 1. The second-order valence-corrected chi connectivity index (χ2v) is 4.20. The Morgan fingerprint density at radius 1 is 1.56 bits per heavy atom. The number of halogens is 1. The van der Waals surface area contributed by atoms with Gasteiger partial charge in [0.2, 0.25) is 0 Å². The van der Waals surface area contributed by atoms with E-state index in [1.165, 1.54) is 24.4 Å². The van der Waals surface area contributed by atoms with Crippen LogP contribution in [0.25, 0.3) is 0 Å². The summed E-state index contributed by atoms with van der Waals surface area (Å²) in [6, 6.07) is 4.05. The van der Waals surface area contributed by atoms with Crippen molar-refractivity contribution in [2.75, 3.05) is 0 Å². The molecule has 1 aromatic heterocycles. The summed E-state index contributed by atoms with van der Waals surface area (Å²) in [6.45, 7) is 0. The number of aliphatic hydroxyl groups is 1. The van der Waals surface area contributed by atoms with Crippen LogP contribution in [0.2, 0.25) is 5.02 Å². The Labute approximate surface area is 108 Å². The topological polar surface area (TPSA) is 81.2 Å². The van der Waals surface area contributed by atoms with Gasteiger partial charge in [0.1, 0.15) is 11.9 Å². The lowest BCUT2D eigenvalue weighted by Gasteiger charge is -2.11. The van der Waals surface area contributed by atoms with Gasteiger partial charge >= 0.3 is 0 Å². The van der Waals surface area contributed by atoms with E-state index in [1.54, 1.807) is 17.8 Å². The van der Waals surface area contributed by atoms with Gasteiger partial charge in [-0.25, -0.2) is 4.98 Å². The molecule has 1 unspecified atom stereocenters. The van der Waals surface area contributed by atoms with Crippen LogP contribution >= 0.6 is 11.6 Å². The van der Waals surface area contributed by atoms with Gasteiger partial charge in [-0.3, -0.25) is 10.1 Å². The van der Waals surface area contributed by atoms with Crippen LogP contribution in [0, 0.1) is 10.1 Å². The van der Waals surface area contributed by atoms with Crippen LogP contribution in [0.3, 0.4) is 0 Å². The molecule has 1 aromatic carbocycles. The molecule has 0 aliphatic carbocycles. The predicted molar refractivity (Wildman–Crippen MR) is 65.4 cm³/mol. The highest BCUT2D eigenvalue weighted by Gasteiger charge is 2.24. The van der Waals surface area contributed by atoms with Crippen molar-refractivity contribution >= 4 is 17.3 Å². The summed E-state index contributed by atoms with van der Waals surface area (Å²) in [5.74, 6) is 0.320. The van der Waals surface area contributed by atoms with Crippen LogP contribution in [0.15, 0.2) is 30.6 Å². The Morgan fingerprint density at radius 3 is 2.83 bits per heavy atom. The molecule has 1 atom stereocenters. The Balaban J connectivity index is 2.53. The van der Waals surface area contributed by atoms with Crippen molar-refractivity contribution in [3.63, 3.8) is 0 Å². The molecule has 0 saturated carbocycles. The molecule has 0 spiro atoms. The number of aromatic nitrogens is 2. The van der Waals surface area contributed by atoms with Crippen molar-refractivity contribution in [1.29, 1.82) is 0 Å². The van der Waals surface area contributed by atoms with Crippen molar-refractivity contribution in [1.82, 2.24) is 9.55 Å². The van der Waals surface area contributed by atoms with E-state index < -0.39 is 11.0 Å². The molecule has 0 amide bonds. The third kappa shape index (κ3) is 2.20. The third-order valence-corrected chi connectivity index (χ3v) is 2.82. The minimum atomic E-state index is -1.19. The van der Waals surface area contributed by atoms with Crippen molar-refractivity contribution in [2.24, 2.45) is 7.05 Å². The van der Waals surface area contributed by atoms with Crippen molar-refractivity contribution < 1.29 is 10.0 Å². The minimum absolute atomic E-state index is 0.127. The number of nitro benzene ring substituents is 1. The largest absolute Gasteiger partial charge is 0.380 e. The molecule has 6 nitrogen and oxygen atoms in total. The second kappa shape index (κ2) is 4.75. The first-order valence-electron chi connectivity index (χ1n) is 5.10. The van der Waals surface area contributed by atoms with E-state index in [0.717, 1.165) is 0 Å². The zero-order valence-corrected chi connectivity index (χ0v) is 10.2. The zero-order chi connectivity index (χ0) is 13.3. The molecular formula is C11H10ClN3O3. The molecule has 94 valence electrons. The maximum Gasteiger partial charge on any atom is 0.275 e. The number of rotatable bonds is 3. The number of imidazole rings is 1. The molecule has 2 aromatic rings. The summed E-state index contributed by atoms with van der Waals surface area (Å²) in [5.41, 5.74) is -0.0586. The van der Waals surface area contributed by atoms with Crippen molar-refractivity contribution in [2.45, 2.75) is 6.10 Å². The fourth-order valence-electron chi connectivity index (χ4n) is 1.69. The third-order valence-electron chi connectivity index (χ3n) is 2.58. The van der Waals surface area contributed by atoms with E-state index >= 15 is 0 Å². The summed E-state index contributed by atoms with van der Waals surface area (Å²) >= 11 is 5.81. The van der Waals surface area contributed by atoms with Gasteiger partial charge in [-0.05, 0) is 12.1 Å². The van der Waals surface area contributed by atoms with Crippen LogP contribution in [0.5, 0.6) is 0 Å². The van der Waals surface area contributed by atoms with Crippen LogP contribution in [-0.4, -0.2) is 19.6 Å². The molecule has 0 aliphatic rings. The Hall–Kier alpha value is -1.92. The van der Waals surface area contributed by atoms with Crippen LogP contribution < -0.4 is 0 Å². The molecule has 0 bridgehead atoms. The average Bonchev–Trinajstić information content (AvgIpc) is 2.74. The molecule has 1 heterocycles. The Bertz CT molecular complexity index is 597. The van der Waals surface area contributed by atoms with E-state index in [2.05, 4.69) is 4.98 Å². The Morgan fingerprint density at radius 2 is 2.28 bits per heavy atom. The number of aryl methyl sites for hydroxylation is 1. The summed E-state index contributed by atoms with van der Waals surface area (Å²) in [6.07, 6.45) is 1.97. The summed E-state index contributed by atoms with van der Waals surface area (Å²) < 4.78 is 1.59. The van der Waals surface area contributed by atoms with Gasteiger partial charge in [-0.2, -0.15) is 0 Å². The fourth-order valence-corrected chi connectivity index (χ4v) is 1.87. The number of nitrogens with zero attached hydrogens (tertiary/aromatic N) is 3. The first kappa shape index (κ1) is 12.5. The number of benzene rings is 1. The monoisotopic (exact) mass is 267 g/mol. The smallest absolute Gasteiger partial charge is 0.275 e. The molecule has 2 rings (SSSR count). The van der Waals surface area contributed by atoms with Gasteiger partial charge in [0, 0.05) is 30.5 Å². The second-order valence-electron chi connectivity index (χ2n) is 3.76. The predicted octanol–water partition coefficient (Wildman–Crippen LogP) is 2.06.